The minimum absolute atomic E-state index is 0.150. The molecule has 0 saturated heterocycles. The van der Waals surface area contributed by atoms with Gasteiger partial charge in [-0.3, -0.25) is 0 Å². The summed E-state index contributed by atoms with van der Waals surface area (Å²) in [5, 5.41) is 0. The van der Waals surface area contributed by atoms with Gasteiger partial charge in [-0.05, 0) is 6.07 Å². The van der Waals surface area contributed by atoms with Crippen LogP contribution in [0, 0.1) is 5.82 Å². The zero-order valence-electron chi connectivity index (χ0n) is 8.11. The predicted molar refractivity (Wildman–Crippen MR) is 57.2 cm³/mol. The van der Waals surface area contributed by atoms with Gasteiger partial charge in [-0.15, -0.1) is 6.58 Å². The number of hydrogen-bond acceptors (Lipinski definition) is 2. The van der Waals surface area contributed by atoms with Crippen molar-refractivity contribution in [3.8, 4) is 0 Å². The first-order chi connectivity index (χ1) is 7.05. The van der Waals surface area contributed by atoms with Crippen molar-refractivity contribution in [3.63, 3.8) is 0 Å². The molecule has 0 fully saturated rings. The molecule has 1 N–H and O–H groups in total. The van der Waals surface area contributed by atoms with Crippen molar-refractivity contribution in [2.24, 2.45) is 0 Å². The summed E-state index contributed by atoms with van der Waals surface area (Å²) in [7, 11) is -3.48. The topological polar surface area (TPSA) is 46.2 Å². The summed E-state index contributed by atoms with van der Waals surface area (Å²) >= 11 is 0. The molecular weight excluding hydrogens is 217 g/mol. The van der Waals surface area contributed by atoms with E-state index in [-0.39, 0.29) is 17.9 Å². The molecule has 0 unspecified atom stereocenters. The second-order valence-electron chi connectivity index (χ2n) is 2.99. The van der Waals surface area contributed by atoms with E-state index in [1.165, 1.54) is 24.3 Å². The molecule has 0 bridgehead atoms. The maximum Gasteiger partial charge on any atom is 0.216 e. The van der Waals surface area contributed by atoms with Crippen LogP contribution in [0.3, 0.4) is 0 Å². The number of hydrogen-bond donors (Lipinski definition) is 1. The Kier molecular flexibility index (Phi) is 3.99. The highest BCUT2D eigenvalue weighted by molar-refractivity contribution is 7.88. The average molecular weight is 229 g/mol. The third kappa shape index (κ3) is 3.81. The number of rotatable bonds is 5. The molecule has 1 aromatic carbocycles. The Bertz CT molecular complexity index is 442. The van der Waals surface area contributed by atoms with Crippen molar-refractivity contribution >= 4 is 10.0 Å². The number of benzene rings is 1. The first kappa shape index (κ1) is 11.9. The van der Waals surface area contributed by atoms with E-state index in [9.17, 15) is 12.8 Å². The molecule has 0 radical (unpaired) electrons. The summed E-state index contributed by atoms with van der Waals surface area (Å²) in [5.74, 6) is -0.866. The van der Waals surface area contributed by atoms with Gasteiger partial charge in [0, 0.05) is 12.1 Å². The van der Waals surface area contributed by atoms with Crippen molar-refractivity contribution < 1.29 is 12.8 Å². The van der Waals surface area contributed by atoms with Crippen LogP contribution in [0.1, 0.15) is 5.56 Å². The van der Waals surface area contributed by atoms with Crippen LogP contribution in [0.4, 0.5) is 4.39 Å². The fourth-order valence-corrected chi connectivity index (χ4v) is 2.17. The first-order valence-corrected chi connectivity index (χ1v) is 6.02. The van der Waals surface area contributed by atoms with Gasteiger partial charge in [0.05, 0.1) is 5.75 Å². The van der Waals surface area contributed by atoms with Crippen LogP contribution in [-0.2, 0) is 15.8 Å². The lowest BCUT2D eigenvalue weighted by Gasteiger charge is -2.05. The van der Waals surface area contributed by atoms with E-state index < -0.39 is 15.8 Å². The minimum Gasteiger partial charge on any atom is -0.212 e. The zero-order valence-corrected chi connectivity index (χ0v) is 8.93. The van der Waals surface area contributed by atoms with Crippen LogP contribution >= 0.6 is 0 Å². The summed E-state index contributed by atoms with van der Waals surface area (Å²) in [4.78, 5) is 0. The second kappa shape index (κ2) is 5.04. The maximum absolute atomic E-state index is 13.1. The number of nitrogens with one attached hydrogen (secondary N) is 1. The van der Waals surface area contributed by atoms with Crippen molar-refractivity contribution in [1.82, 2.24) is 4.72 Å². The SMILES string of the molecule is C=CCNS(=O)(=O)Cc1ccccc1F. The van der Waals surface area contributed by atoms with Crippen LogP contribution in [0.15, 0.2) is 36.9 Å². The van der Waals surface area contributed by atoms with Gasteiger partial charge in [-0.2, -0.15) is 0 Å². The number of halogens is 1. The highest BCUT2D eigenvalue weighted by Crippen LogP contribution is 2.09. The van der Waals surface area contributed by atoms with E-state index in [4.69, 9.17) is 0 Å². The molecule has 15 heavy (non-hydrogen) atoms. The van der Waals surface area contributed by atoms with Gasteiger partial charge in [0.1, 0.15) is 5.82 Å². The summed E-state index contributed by atoms with van der Waals surface area (Å²) in [6, 6.07) is 5.80. The van der Waals surface area contributed by atoms with E-state index in [0.717, 1.165) is 0 Å². The van der Waals surface area contributed by atoms with E-state index in [1.807, 2.05) is 0 Å². The Labute approximate surface area is 88.7 Å². The van der Waals surface area contributed by atoms with Gasteiger partial charge >= 0.3 is 0 Å². The minimum atomic E-state index is -3.48. The van der Waals surface area contributed by atoms with Crippen molar-refractivity contribution in [1.29, 1.82) is 0 Å². The molecule has 82 valence electrons. The summed E-state index contributed by atoms with van der Waals surface area (Å²) in [5.41, 5.74) is 0.161. The van der Waals surface area contributed by atoms with Crippen LogP contribution in [0.2, 0.25) is 0 Å². The van der Waals surface area contributed by atoms with E-state index in [0.29, 0.717) is 0 Å². The quantitative estimate of drug-likeness (QED) is 0.776. The van der Waals surface area contributed by atoms with Crippen molar-refractivity contribution in [2.75, 3.05) is 6.54 Å². The normalized spacial score (nSPS) is 11.3. The average Bonchev–Trinajstić information content (AvgIpc) is 2.18. The fourth-order valence-electron chi connectivity index (χ4n) is 1.06. The smallest absolute Gasteiger partial charge is 0.212 e. The molecular formula is C10H12FNO2S. The molecule has 1 aromatic rings. The van der Waals surface area contributed by atoms with E-state index in [2.05, 4.69) is 11.3 Å². The summed E-state index contributed by atoms with van der Waals surface area (Å²) < 4.78 is 38.2. The van der Waals surface area contributed by atoms with Gasteiger partial charge in [0.15, 0.2) is 0 Å². The molecule has 0 spiro atoms. The monoisotopic (exact) mass is 229 g/mol. The lowest BCUT2D eigenvalue weighted by Crippen LogP contribution is -2.25. The Morgan fingerprint density at radius 1 is 1.40 bits per heavy atom. The largest absolute Gasteiger partial charge is 0.216 e. The lowest BCUT2D eigenvalue weighted by atomic mass is 10.2. The van der Waals surface area contributed by atoms with Gasteiger partial charge in [0.25, 0.3) is 0 Å². The molecule has 0 aliphatic rings. The van der Waals surface area contributed by atoms with E-state index in [1.54, 1.807) is 6.07 Å². The molecule has 5 heteroatoms. The Hall–Kier alpha value is -1.20. The lowest BCUT2D eigenvalue weighted by molar-refractivity contribution is 0.578. The van der Waals surface area contributed by atoms with Gasteiger partial charge in [-0.25, -0.2) is 17.5 Å². The summed E-state index contributed by atoms with van der Waals surface area (Å²) in [6.07, 6.45) is 1.43. The molecule has 0 amide bonds. The molecule has 0 aliphatic carbocycles. The molecule has 3 nitrogen and oxygen atoms in total. The first-order valence-electron chi connectivity index (χ1n) is 4.37. The molecule has 0 aliphatic heterocycles. The van der Waals surface area contributed by atoms with Crippen LogP contribution in [-0.4, -0.2) is 15.0 Å². The van der Waals surface area contributed by atoms with Crippen LogP contribution < -0.4 is 4.72 Å². The highest BCUT2D eigenvalue weighted by Gasteiger charge is 2.12. The third-order valence-electron chi connectivity index (χ3n) is 1.75. The third-order valence-corrected chi connectivity index (χ3v) is 3.05. The molecule has 0 heterocycles. The Balaban J connectivity index is 2.78. The van der Waals surface area contributed by atoms with Gasteiger partial charge in [-0.1, -0.05) is 24.3 Å². The zero-order chi connectivity index (χ0) is 11.3. The standard InChI is InChI=1S/C10H12FNO2S/c1-2-7-12-15(13,14)8-9-5-3-4-6-10(9)11/h2-6,12H,1,7-8H2. The molecule has 0 aromatic heterocycles. The molecule has 0 atom stereocenters. The van der Waals surface area contributed by atoms with Crippen molar-refractivity contribution in [2.45, 2.75) is 5.75 Å². The fraction of sp³-hybridized carbons (Fsp3) is 0.200. The predicted octanol–water partition coefficient (Wildman–Crippen LogP) is 1.43. The van der Waals surface area contributed by atoms with Gasteiger partial charge < -0.3 is 0 Å². The van der Waals surface area contributed by atoms with Crippen LogP contribution in [0.25, 0.3) is 0 Å². The molecule has 0 saturated carbocycles. The summed E-state index contributed by atoms with van der Waals surface area (Å²) in [6.45, 7) is 3.54. The van der Waals surface area contributed by atoms with E-state index >= 15 is 0 Å². The Morgan fingerprint density at radius 3 is 2.67 bits per heavy atom. The molecule has 1 rings (SSSR count). The van der Waals surface area contributed by atoms with Crippen LogP contribution in [0.5, 0.6) is 0 Å². The highest BCUT2D eigenvalue weighted by atomic mass is 32.2. The second-order valence-corrected chi connectivity index (χ2v) is 4.79. The maximum atomic E-state index is 13.1. The van der Waals surface area contributed by atoms with Gasteiger partial charge in [0.2, 0.25) is 10.0 Å². The van der Waals surface area contributed by atoms with Crippen molar-refractivity contribution in [3.05, 3.63) is 48.3 Å². The Morgan fingerprint density at radius 2 is 2.07 bits per heavy atom. The number of sulfonamides is 1.